The Hall–Kier alpha value is -2.45. The zero-order valence-electron chi connectivity index (χ0n) is 13.2. The maximum absolute atomic E-state index is 7.30. The summed E-state index contributed by atoms with van der Waals surface area (Å²) in [4.78, 5) is 3.56. The van der Waals surface area contributed by atoms with Crippen LogP contribution in [0.2, 0.25) is 0 Å². The van der Waals surface area contributed by atoms with E-state index in [-0.39, 0.29) is 0 Å². The van der Waals surface area contributed by atoms with Gasteiger partial charge in [-0.05, 0) is 53.6 Å². The van der Waals surface area contributed by atoms with Gasteiger partial charge in [0.05, 0.1) is 6.57 Å². The van der Waals surface area contributed by atoms with Gasteiger partial charge < -0.3 is 4.57 Å². The van der Waals surface area contributed by atoms with Gasteiger partial charge in [-0.3, -0.25) is 0 Å². The monoisotopic (exact) mass is 378 g/mol. The molecule has 0 radical (unpaired) electrons. The molecule has 0 amide bonds. The summed E-state index contributed by atoms with van der Waals surface area (Å²) in [5, 5.41) is 8.23. The molecule has 4 rings (SSSR count). The van der Waals surface area contributed by atoms with Crippen LogP contribution in [0.1, 0.15) is 24.3 Å². The summed E-state index contributed by atoms with van der Waals surface area (Å²) >= 11 is 3.64. The first-order chi connectivity index (χ1) is 11.7. The van der Waals surface area contributed by atoms with Crippen molar-refractivity contribution < 1.29 is 0 Å². The molecule has 0 spiro atoms. The maximum atomic E-state index is 7.30. The summed E-state index contributed by atoms with van der Waals surface area (Å²) in [5.74, 6) is 1.45. The number of halogens is 1. The molecule has 0 N–H and O–H groups in total. The van der Waals surface area contributed by atoms with Crippen LogP contribution in [0.4, 0.5) is 5.69 Å². The molecule has 1 fully saturated rings. The second-order valence-corrected chi connectivity index (χ2v) is 7.07. The molecular weight excluding hydrogens is 364 g/mol. The zero-order chi connectivity index (χ0) is 16.7. The van der Waals surface area contributed by atoms with Crippen LogP contribution in [0.3, 0.4) is 0 Å². The van der Waals surface area contributed by atoms with E-state index in [9.17, 15) is 0 Å². The molecule has 0 atom stereocenters. The van der Waals surface area contributed by atoms with E-state index in [1.165, 1.54) is 18.4 Å². The smallest absolute Gasteiger partial charge is 0.188 e. The van der Waals surface area contributed by atoms with Crippen LogP contribution < -0.4 is 0 Å². The van der Waals surface area contributed by atoms with Crippen molar-refractivity contribution in [2.45, 2.75) is 18.8 Å². The summed E-state index contributed by atoms with van der Waals surface area (Å²) in [5.41, 5.74) is 5.12. The van der Waals surface area contributed by atoms with Crippen molar-refractivity contribution in [3.8, 4) is 22.5 Å². The van der Waals surface area contributed by atoms with Gasteiger partial charge in [-0.15, -0.1) is 10.2 Å². The van der Waals surface area contributed by atoms with Crippen LogP contribution >= 0.6 is 15.9 Å². The van der Waals surface area contributed by atoms with Crippen molar-refractivity contribution in [1.29, 1.82) is 0 Å². The molecule has 0 aliphatic heterocycles. The Bertz CT molecular complexity index is 964. The highest BCUT2D eigenvalue weighted by molar-refractivity contribution is 9.10. The zero-order valence-corrected chi connectivity index (χ0v) is 14.8. The van der Waals surface area contributed by atoms with Gasteiger partial charge in [0.2, 0.25) is 0 Å². The molecule has 1 aliphatic carbocycles. The average Bonchev–Trinajstić information content (AvgIpc) is 3.35. The first kappa shape index (κ1) is 15.1. The first-order valence-electron chi connectivity index (χ1n) is 7.82. The minimum Gasteiger partial charge on any atom is -0.317 e. The Morgan fingerprint density at radius 1 is 1.17 bits per heavy atom. The lowest BCUT2D eigenvalue weighted by Crippen LogP contribution is -1.94. The number of benzene rings is 2. The lowest BCUT2D eigenvalue weighted by atomic mass is 9.96. The van der Waals surface area contributed by atoms with Crippen LogP contribution in [0.25, 0.3) is 27.4 Å². The van der Waals surface area contributed by atoms with Gasteiger partial charge >= 0.3 is 0 Å². The average molecular weight is 379 g/mol. The topological polar surface area (TPSA) is 35.1 Å². The highest BCUT2D eigenvalue weighted by Crippen LogP contribution is 2.43. The third kappa shape index (κ3) is 2.74. The molecule has 3 aromatic rings. The fourth-order valence-electron chi connectivity index (χ4n) is 2.99. The molecule has 1 aliphatic rings. The molecule has 4 nitrogen and oxygen atoms in total. The maximum Gasteiger partial charge on any atom is 0.188 e. The van der Waals surface area contributed by atoms with E-state index in [4.69, 9.17) is 6.57 Å². The molecule has 1 saturated carbocycles. The Labute approximate surface area is 149 Å². The second-order valence-electron chi connectivity index (χ2n) is 6.15. The van der Waals surface area contributed by atoms with Crippen molar-refractivity contribution >= 4 is 21.6 Å². The number of rotatable bonds is 3. The van der Waals surface area contributed by atoms with Crippen molar-refractivity contribution in [3.05, 3.63) is 64.2 Å². The molecule has 0 saturated heterocycles. The standard InChI is InChI=1S/C19H15BrN4/c1-21-16-5-6-17(18(10-16)19-23-22-11-24(19)2)14-7-13(12-3-4-12)8-15(20)9-14/h5-12H,3-4H2,2H3. The second kappa shape index (κ2) is 5.88. The summed E-state index contributed by atoms with van der Waals surface area (Å²) < 4.78 is 2.96. The molecule has 118 valence electrons. The fourth-order valence-corrected chi connectivity index (χ4v) is 3.50. The van der Waals surface area contributed by atoms with Crippen LogP contribution in [-0.2, 0) is 7.05 Å². The SMILES string of the molecule is [C-]#[N+]c1ccc(-c2cc(Br)cc(C3CC3)c2)c(-c2nncn2C)c1. The minimum absolute atomic E-state index is 0.606. The first-order valence-corrected chi connectivity index (χ1v) is 8.62. The van der Waals surface area contributed by atoms with Gasteiger partial charge in [-0.1, -0.05) is 34.1 Å². The Balaban J connectivity index is 1.92. The predicted molar refractivity (Wildman–Crippen MR) is 97.8 cm³/mol. The molecule has 0 unspecified atom stereocenters. The quantitative estimate of drug-likeness (QED) is 0.576. The normalized spacial score (nSPS) is 13.7. The van der Waals surface area contributed by atoms with Crippen LogP contribution in [-0.4, -0.2) is 14.8 Å². The third-order valence-corrected chi connectivity index (χ3v) is 4.82. The Morgan fingerprint density at radius 3 is 2.67 bits per heavy atom. The number of aryl methyl sites for hydroxylation is 1. The van der Waals surface area contributed by atoms with Crippen molar-refractivity contribution in [1.82, 2.24) is 14.8 Å². The molecule has 24 heavy (non-hydrogen) atoms. The molecule has 5 heteroatoms. The van der Waals surface area contributed by atoms with Gasteiger partial charge in [0.15, 0.2) is 11.5 Å². The third-order valence-electron chi connectivity index (χ3n) is 4.36. The number of aromatic nitrogens is 3. The van der Waals surface area contributed by atoms with Gasteiger partial charge in [0.1, 0.15) is 6.33 Å². The number of hydrogen-bond donors (Lipinski definition) is 0. The van der Waals surface area contributed by atoms with Gasteiger partial charge in [-0.25, -0.2) is 4.85 Å². The van der Waals surface area contributed by atoms with Crippen molar-refractivity contribution in [2.75, 3.05) is 0 Å². The molecule has 0 bridgehead atoms. The molecule has 2 aromatic carbocycles. The van der Waals surface area contributed by atoms with Gasteiger partial charge in [0, 0.05) is 17.1 Å². The lowest BCUT2D eigenvalue weighted by Gasteiger charge is -2.12. The van der Waals surface area contributed by atoms with E-state index in [2.05, 4.69) is 49.2 Å². The van der Waals surface area contributed by atoms with Crippen molar-refractivity contribution in [2.24, 2.45) is 7.05 Å². The van der Waals surface area contributed by atoms with Gasteiger partial charge in [0.25, 0.3) is 0 Å². The molecule has 1 heterocycles. The fraction of sp³-hybridized carbons (Fsp3) is 0.211. The molecular formula is C19H15BrN4. The Kier molecular flexibility index (Phi) is 3.70. The van der Waals surface area contributed by atoms with Crippen LogP contribution in [0.5, 0.6) is 0 Å². The largest absolute Gasteiger partial charge is 0.317 e. The number of nitrogens with zero attached hydrogens (tertiary/aromatic N) is 4. The van der Waals surface area contributed by atoms with E-state index in [1.807, 2.05) is 29.8 Å². The Morgan fingerprint density at radius 2 is 2.00 bits per heavy atom. The molecule has 1 aromatic heterocycles. The predicted octanol–water partition coefficient (Wildman–Crippen LogP) is 5.34. The van der Waals surface area contributed by atoms with Crippen molar-refractivity contribution in [3.63, 3.8) is 0 Å². The highest BCUT2D eigenvalue weighted by Gasteiger charge is 2.24. The van der Waals surface area contributed by atoms with Gasteiger partial charge in [-0.2, -0.15) is 0 Å². The summed E-state index contributed by atoms with van der Waals surface area (Å²) in [6.45, 7) is 7.30. The lowest BCUT2D eigenvalue weighted by molar-refractivity contribution is 0.920. The van der Waals surface area contributed by atoms with Crippen LogP contribution in [0.15, 0.2) is 47.2 Å². The highest BCUT2D eigenvalue weighted by atomic mass is 79.9. The van der Waals surface area contributed by atoms with E-state index in [0.717, 1.165) is 27.0 Å². The summed E-state index contributed by atoms with van der Waals surface area (Å²) in [6.07, 6.45) is 4.21. The van der Waals surface area contributed by atoms with E-state index in [0.29, 0.717) is 11.6 Å². The summed E-state index contributed by atoms with van der Waals surface area (Å²) in [7, 11) is 1.92. The van der Waals surface area contributed by atoms with E-state index >= 15 is 0 Å². The number of hydrogen-bond acceptors (Lipinski definition) is 2. The van der Waals surface area contributed by atoms with E-state index in [1.54, 1.807) is 6.33 Å². The van der Waals surface area contributed by atoms with Crippen LogP contribution in [0, 0.1) is 6.57 Å². The minimum atomic E-state index is 0.606. The summed E-state index contributed by atoms with van der Waals surface area (Å²) in [6, 6.07) is 12.4. The van der Waals surface area contributed by atoms with E-state index < -0.39 is 0 Å².